The summed E-state index contributed by atoms with van der Waals surface area (Å²) in [5.41, 5.74) is 6.85. The van der Waals surface area contributed by atoms with E-state index in [1.165, 1.54) is 0 Å². The maximum atomic E-state index is 12.0. The Morgan fingerprint density at radius 1 is 1.04 bits per heavy atom. The van der Waals surface area contributed by atoms with Gasteiger partial charge in [0.1, 0.15) is 5.75 Å². The summed E-state index contributed by atoms with van der Waals surface area (Å²) < 4.78 is 10.5. The molecule has 3 rings (SSSR count). The number of nitrogens with one attached hydrogen (secondary N) is 1. The Bertz CT molecular complexity index is 902. The normalized spacial score (nSPS) is 10.2. The molecular formula is C18H17N5O3. The molecule has 2 aromatic carbocycles. The van der Waals surface area contributed by atoms with Crippen LogP contribution in [-0.2, 0) is 11.3 Å². The predicted octanol–water partition coefficient (Wildman–Crippen LogP) is 2.56. The number of methoxy groups -OCH3 is 1. The van der Waals surface area contributed by atoms with Crippen LogP contribution in [0.5, 0.6) is 5.75 Å². The smallest absolute Gasteiger partial charge is 0.338 e. The van der Waals surface area contributed by atoms with Gasteiger partial charge < -0.3 is 20.5 Å². The highest BCUT2D eigenvalue weighted by Crippen LogP contribution is 2.25. The number of hydrogen-bond acceptors (Lipinski definition) is 8. The number of ether oxygens (including phenoxy) is 2. The fourth-order valence-corrected chi connectivity index (χ4v) is 2.21. The first-order valence-electron chi connectivity index (χ1n) is 7.78. The van der Waals surface area contributed by atoms with Crippen molar-refractivity contribution in [1.82, 2.24) is 15.0 Å². The van der Waals surface area contributed by atoms with Gasteiger partial charge in [0.2, 0.25) is 11.9 Å². The van der Waals surface area contributed by atoms with Crippen molar-refractivity contribution in [1.29, 1.82) is 0 Å². The van der Waals surface area contributed by atoms with Gasteiger partial charge in [0.15, 0.2) is 12.4 Å². The second-order valence-corrected chi connectivity index (χ2v) is 5.20. The molecule has 1 aromatic heterocycles. The second-order valence-electron chi connectivity index (χ2n) is 5.20. The molecule has 26 heavy (non-hydrogen) atoms. The Kier molecular flexibility index (Phi) is 5.23. The number of rotatable bonds is 6. The molecule has 3 aromatic rings. The number of hydrogen-bond donors (Lipinski definition) is 2. The molecule has 0 aliphatic heterocycles. The summed E-state index contributed by atoms with van der Waals surface area (Å²) in [7, 11) is 1.57. The van der Waals surface area contributed by atoms with Crippen molar-refractivity contribution >= 4 is 23.6 Å². The van der Waals surface area contributed by atoms with E-state index in [1.54, 1.807) is 37.4 Å². The highest BCUT2D eigenvalue weighted by molar-refractivity contribution is 5.89. The first-order chi connectivity index (χ1) is 12.7. The van der Waals surface area contributed by atoms with E-state index in [0.29, 0.717) is 17.0 Å². The second kappa shape index (κ2) is 7.93. The van der Waals surface area contributed by atoms with E-state index in [1.807, 2.05) is 24.3 Å². The quantitative estimate of drug-likeness (QED) is 0.652. The minimum absolute atomic E-state index is 0.0168. The number of nitrogens with two attached hydrogens (primary N) is 1. The van der Waals surface area contributed by atoms with Crippen LogP contribution in [0, 0.1) is 0 Å². The highest BCUT2D eigenvalue weighted by atomic mass is 16.5. The Hall–Kier alpha value is -3.68. The maximum Gasteiger partial charge on any atom is 0.338 e. The Labute approximate surface area is 150 Å². The van der Waals surface area contributed by atoms with Crippen LogP contribution >= 0.6 is 0 Å². The van der Waals surface area contributed by atoms with Gasteiger partial charge in [-0.15, -0.1) is 0 Å². The lowest BCUT2D eigenvalue weighted by Crippen LogP contribution is -2.11. The molecule has 0 saturated carbocycles. The SMILES string of the molecule is COc1ccccc1Nc1nc(N)nc(COC(=O)c2ccccc2)n1. The fraction of sp³-hybridized carbons (Fsp3) is 0.111. The van der Waals surface area contributed by atoms with Gasteiger partial charge in [0, 0.05) is 0 Å². The first kappa shape index (κ1) is 17.2. The largest absolute Gasteiger partial charge is 0.495 e. The lowest BCUT2D eigenvalue weighted by atomic mass is 10.2. The van der Waals surface area contributed by atoms with E-state index < -0.39 is 5.97 Å². The van der Waals surface area contributed by atoms with Crippen LogP contribution in [0.1, 0.15) is 16.2 Å². The number of aromatic nitrogens is 3. The zero-order valence-corrected chi connectivity index (χ0v) is 14.0. The zero-order chi connectivity index (χ0) is 18.4. The van der Waals surface area contributed by atoms with E-state index >= 15 is 0 Å². The molecule has 0 aliphatic carbocycles. The van der Waals surface area contributed by atoms with Gasteiger partial charge in [-0.1, -0.05) is 30.3 Å². The van der Waals surface area contributed by atoms with E-state index in [2.05, 4.69) is 20.3 Å². The van der Waals surface area contributed by atoms with Crippen molar-refractivity contribution < 1.29 is 14.3 Å². The Morgan fingerprint density at radius 3 is 2.54 bits per heavy atom. The molecule has 3 N–H and O–H groups in total. The van der Waals surface area contributed by atoms with Gasteiger partial charge in [-0.25, -0.2) is 4.79 Å². The lowest BCUT2D eigenvalue weighted by Gasteiger charge is -2.10. The van der Waals surface area contributed by atoms with Crippen molar-refractivity contribution in [3.63, 3.8) is 0 Å². The van der Waals surface area contributed by atoms with Crippen LogP contribution in [0.2, 0.25) is 0 Å². The van der Waals surface area contributed by atoms with E-state index in [-0.39, 0.29) is 24.3 Å². The van der Waals surface area contributed by atoms with Crippen LogP contribution in [0.4, 0.5) is 17.6 Å². The third-order valence-corrected chi connectivity index (χ3v) is 3.39. The summed E-state index contributed by atoms with van der Waals surface area (Å²) in [5.74, 6) is 0.641. The third kappa shape index (κ3) is 4.23. The first-order valence-corrected chi connectivity index (χ1v) is 7.78. The molecule has 1 heterocycles. The van der Waals surface area contributed by atoms with Crippen molar-refractivity contribution in [3.8, 4) is 5.75 Å². The minimum atomic E-state index is -0.469. The van der Waals surface area contributed by atoms with E-state index in [4.69, 9.17) is 15.2 Å². The average Bonchev–Trinajstić information content (AvgIpc) is 2.67. The molecule has 0 saturated heterocycles. The molecule has 0 unspecified atom stereocenters. The number of nitrogens with zero attached hydrogens (tertiary/aromatic N) is 3. The van der Waals surface area contributed by atoms with Crippen molar-refractivity contribution in [2.45, 2.75) is 6.61 Å². The van der Waals surface area contributed by atoms with Crippen molar-refractivity contribution in [3.05, 3.63) is 66.0 Å². The van der Waals surface area contributed by atoms with Gasteiger partial charge in [0.05, 0.1) is 18.4 Å². The molecule has 8 heteroatoms. The van der Waals surface area contributed by atoms with Crippen LogP contribution in [-0.4, -0.2) is 28.0 Å². The molecule has 0 radical (unpaired) electrons. The number of carbonyl (C=O) groups excluding carboxylic acids is 1. The minimum Gasteiger partial charge on any atom is -0.495 e. The summed E-state index contributed by atoms with van der Waals surface area (Å²) in [6, 6.07) is 16.0. The summed E-state index contributed by atoms with van der Waals surface area (Å²) in [4.78, 5) is 24.3. The summed E-state index contributed by atoms with van der Waals surface area (Å²) in [6.45, 7) is -0.124. The Balaban J connectivity index is 1.72. The summed E-state index contributed by atoms with van der Waals surface area (Å²) in [6.07, 6.45) is 0. The zero-order valence-electron chi connectivity index (χ0n) is 14.0. The van der Waals surface area contributed by atoms with Crippen LogP contribution in [0.15, 0.2) is 54.6 Å². The monoisotopic (exact) mass is 351 g/mol. The number of benzene rings is 2. The van der Waals surface area contributed by atoms with Crippen molar-refractivity contribution in [2.75, 3.05) is 18.2 Å². The van der Waals surface area contributed by atoms with Gasteiger partial charge in [-0.05, 0) is 24.3 Å². The number of para-hydroxylation sites is 2. The van der Waals surface area contributed by atoms with Crippen molar-refractivity contribution in [2.24, 2.45) is 0 Å². The third-order valence-electron chi connectivity index (χ3n) is 3.39. The molecule has 8 nitrogen and oxygen atoms in total. The van der Waals surface area contributed by atoms with Gasteiger partial charge in [0.25, 0.3) is 0 Å². The molecule has 0 amide bonds. The number of anilines is 3. The Morgan fingerprint density at radius 2 is 1.77 bits per heavy atom. The van der Waals surface area contributed by atoms with E-state index in [0.717, 1.165) is 0 Å². The molecule has 0 spiro atoms. The van der Waals surface area contributed by atoms with Gasteiger partial charge in [-0.3, -0.25) is 0 Å². The van der Waals surface area contributed by atoms with Gasteiger partial charge in [-0.2, -0.15) is 15.0 Å². The molecular weight excluding hydrogens is 334 g/mol. The van der Waals surface area contributed by atoms with Crippen LogP contribution < -0.4 is 15.8 Å². The maximum absolute atomic E-state index is 12.0. The molecule has 0 atom stereocenters. The van der Waals surface area contributed by atoms with E-state index in [9.17, 15) is 4.79 Å². The molecule has 0 fully saturated rings. The van der Waals surface area contributed by atoms with Crippen LogP contribution in [0.3, 0.4) is 0 Å². The molecule has 132 valence electrons. The number of esters is 1. The predicted molar refractivity (Wildman–Crippen MR) is 96.1 cm³/mol. The van der Waals surface area contributed by atoms with Gasteiger partial charge >= 0.3 is 5.97 Å². The van der Waals surface area contributed by atoms with Crippen LogP contribution in [0.25, 0.3) is 0 Å². The standard InChI is InChI=1S/C18H17N5O3/c1-25-14-10-6-5-9-13(14)20-18-22-15(21-17(19)23-18)11-26-16(24)12-7-3-2-4-8-12/h2-10H,11H2,1H3,(H3,19,20,21,22,23). The highest BCUT2D eigenvalue weighted by Gasteiger charge is 2.11. The lowest BCUT2D eigenvalue weighted by molar-refractivity contribution is 0.0462. The summed E-state index contributed by atoms with van der Waals surface area (Å²) >= 11 is 0. The average molecular weight is 351 g/mol. The topological polar surface area (TPSA) is 112 Å². The number of nitrogen functional groups attached to an aromatic ring is 1. The molecule has 0 bridgehead atoms. The molecule has 0 aliphatic rings. The number of carbonyl (C=O) groups is 1. The fourth-order valence-electron chi connectivity index (χ4n) is 2.21. The summed E-state index contributed by atoms with van der Waals surface area (Å²) in [5, 5.41) is 3.02.